The molecule has 0 radical (unpaired) electrons. The molecule has 0 unspecified atom stereocenters. The second kappa shape index (κ2) is 10.3. The summed E-state index contributed by atoms with van der Waals surface area (Å²) in [6.07, 6.45) is 3.80. The van der Waals surface area contributed by atoms with E-state index >= 15 is 0 Å². The van der Waals surface area contributed by atoms with Gasteiger partial charge in [0.1, 0.15) is 4.88 Å². The molecular weight excluding hydrogens is 392 g/mol. The summed E-state index contributed by atoms with van der Waals surface area (Å²) >= 11 is 3.05. The minimum atomic E-state index is -0.296. The maximum Gasteiger partial charge on any atom is 0.348 e. The molecule has 3 heterocycles. The summed E-state index contributed by atoms with van der Waals surface area (Å²) in [5, 5.41) is 8.35. The van der Waals surface area contributed by atoms with Gasteiger partial charge in [0.25, 0.3) is 0 Å². The van der Waals surface area contributed by atoms with Crippen LogP contribution in [0.4, 0.5) is 0 Å². The number of thiophene rings is 2. The zero-order chi connectivity index (χ0) is 17.6. The quantitative estimate of drug-likeness (QED) is 0.670. The Bertz CT molecular complexity index is 738. The van der Waals surface area contributed by atoms with Crippen LogP contribution in [-0.2, 0) is 16.1 Å². The first-order valence-corrected chi connectivity index (χ1v) is 10.5. The van der Waals surface area contributed by atoms with Gasteiger partial charge in [-0.1, -0.05) is 0 Å². The third kappa shape index (κ3) is 5.19. The first-order chi connectivity index (χ1) is 12.2. The molecule has 3 rings (SSSR count). The smallest absolute Gasteiger partial charge is 0.348 e. The van der Waals surface area contributed by atoms with Gasteiger partial charge in [-0.05, 0) is 56.6 Å². The van der Waals surface area contributed by atoms with Crippen LogP contribution in [0.15, 0.2) is 11.4 Å². The minimum Gasteiger partial charge on any atom is -0.462 e. The normalized spacial score (nSPS) is 14.8. The van der Waals surface area contributed by atoms with Gasteiger partial charge in [-0.15, -0.1) is 35.1 Å². The van der Waals surface area contributed by atoms with E-state index < -0.39 is 0 Å². The number of carbonyl (C=O) groups is 2. The predicted molar refractivity (Wildman–Crippen MR) is 110 cm³/mol. The molecule has 0 saturated carbocycles. The number of rotatable bonds is 7. The molecule has 2 aromatic rings. The molecule has 0 spiro atoms. The lowest BCUT2D eigenvalue weighted by atomic mass is 9.93. The Morgan fingerprint density at radius 1 is 1.35 bits per heavy atom. The van der Waals surface area contributed by atoms with Gasteiger partial charge in [-0.3, -0.25) is 4.79 Å². The molecular formula is C18H25ClN2O3S2. The Balaban J connectivity index is 0.00000243. The highest BCUT2D eigenvalue weighted by molar-refractivity contribution is 7.28. The fourth-order valence-electron chi connectivity index (χ4n) is 3.18. The Labute approximate surface area is 167 Å². The maximum absolute atomic E-state index is 12.2. The largest absolute Gasteiger partial charge is 0.462 e. The van der Waals surface area contributed by atoms with Crippen molar-refractivity contribution in [3.63, 3.8) is 0 Å². The number of halogens is 1. The summed E-state index contributed by atoms with van der Waals surface area (Å²) in [6, 6.07) is 2.01. The standard InChI is InChI=1S/C18H24N2O3S2.ClH/c1-2-23-18(22)17-13(16-14(25-17)7-10-24-16)11-20-15(21)4-3-12-5-8-19-9-6-12;/h7,10,12,19H,2-6,8-9,11H2,1H3,(H,20,21);1H. The van der Waals surface area contributed by atoms with E-state index in [1.165, 1.54) is 11.3 Å². The van der Waals surface area contributed by atoms with Gasteiger partial charge in [-0.2, -0.15) is 0 Å². The van der Waals surface area contributed by atoms with Crippen molar-refractivity contribution in [3.8, 4) is 0 Å². The third-order valence-corrected chi connectivity index (χ3v) is 6.83. The van der Waals surface area contributed by atoms with E-state index in [4.69, 9.17) is 4.74 Å². The van der Waals surface area contributed by atoms with Crippen LogP contribution < -0.4 is 10.6 Å². The molecule has 2 aromatic heterocycles. The number of ether oxygens (including phenoxy) is 1. The lowest BCUT2D eigenvalue weighted by Gasteiger charge is -2.22. The van der Waals surface area contributed by atoms with Crippen molar-refractivity contribution in [3.05, 3.63) is 21.9 Å². The fraction of sp³-hybridized carbons (Fsp3) is 0.556. The molecule has 8 heteroatoms. The highest BCUT2D eigenvalue weighted by Crippen LogP contribution is 2.35. The highest BCUT2D eigenvalue weighted by Gasteiger charge is 2.21. The van der Waals surface area contributed by atoms with Gasteiger partial charge < -0.3 is 15.4 Å². The summed E-state index contributed by atoms with van der Waals surface area (Å²) in [6.45, 7) is 4.66. The third-order valence-electron chi connectivity index (χ3n) is 4.55. The number of nitrogens with one attached hydrogen (secondary N) is 2. The number of piperidine rings is 1. The monoisotopic (exact) mass is 416 g/mol. The summed E-state index contributed by atoms with van der Waals surface area (Å²) in [7, 11) is 0. The van der Waals surface area contributed by atoms with E-state index in [0.29, 0.717) is 30.4 Å². The van der Waals surface area contributed by atoms with Crippen molar-refractivity contribution in [1.29, 1.82) is 0 Å². The molecule has 0 aliphatic carbocycles. The van der Waals surface area contributed by atoms with Crippen molar-refractivity contribution in [2.75, 3.05) is 19.7 Å². The van der Waals surface area contributed by atoms with E-state index in [1.807, 2.05) is 11.4 Å². The SMILES string of the molecule is CCOC(=O)c1sc2ccsc2c1CNC(=O)CCC1CCNCC1.Cl. The summed E-state index contributed by atoms with van der Waals surface area (Å²) in [4.78, 5) is 25.0. The van der Waals surface area contributed by atoms with Crippen LogP contribution in [0, 0.1) is 5.92 Å². The molecule has 2 N–H and O–H groups in total. The first kappa shape index (κ1) is 21.2. The number of fused-ring (bicyclic) bond motifs is 1. The van der Waals surface area contributed by atoms with Gasteiger partial charge in [0, 0.05) is 23.2 Å². The molecule has 0 atom stereocenters. The van der Waals surface area contributed by atoms with Crippen LogP contribution in [0.1, 0.15) is 47.8 Å². The van der Waals surface area contributed by atoms with Crippen molar-refractivity contribution in [2.24, 2.45) is 5.92 Å². The highest BCUT2D eigenvalue weighted by atomic mass is 35.5. The van der Waals surface area contributed by atoms with Crippen LogP contribution in [0.5, 0.6) is 0 Å². The van der Waals surface area contributed by atoms with E-state index in [-0.39, 0.29) is 24.3 Å². The summed E-state index contributed by atoms with van der Waals surface area (Å²) in [5.74, 6) is 0.409. The molecule has 1 fully saturated rings. The van der Waals surface area contributed by atoms with Crippen LogP contribution in [0.3, 0.4) is 0 Å². The molecule has 0 bridgehead atoms. The molecule has 1 aliphatic rings. The molecule has 26 heavy (non-hydrogen) atoms. The molecule has 0 aromatic carbocycles. The van der Waals surface area contributed by atoms with E-state index in [1.54, 1.807) is 18.3 Å². The summed E-state index contributed by atoms with van der Waals surface area (Å²) < 4.78 is 7.31. The average molecular weight is 417 g/mol. The zero-order valence-corrected chi connectivity index (χ0v) is 17.3. The van der Waals surface area contributed by atoms with Gasteiger partial charge in [0.15, 0.2) is 0 Å². The second-order valence-corrected chi connectivity index (χ2v) is 8.22. The molecule has 144 valence electrons. The second-order valence-electron chi connectivity index (χ2n) is 6.25. The minimum absolute atomic E-state index is 0. The van der Waals surface area contributed by atoms with Gasteiger partial charge in [0.2, 0.25) is 5.91 Å². The Morgan fingerprint density at radius 2 is 2.12 bits per heavy atom. The average Bonchev–Trinajstić information content (AvgIpc) is 3.20. The van der Waals surface area contributed by atoms with Crippen LogP contribution in [-0.4, -0.2) is 31.6 Å². The van der Waals surface area contributed by atoms with Crippen molar-refractivity contribution < 1.29 is 14.3 Å². The molecule has 5 nitrogen and oxygen atoms in total. The van der Waals surface area contributed by atoms with Crippen molar-refractivity contribution in [2.45, 2.75) is 39.2 Å². The number of hydrogen-bond donors (Lipinski definition) is 2. The van der Waals surface area contributed by atoms with E-state index in [2.05, 4.69) is 10.6 Å². The Hall–Kier alpha value is -1.15. The fourth-order valence-corrected chi connectivity index (χ4v) is 5.45. The number of amides is 1. The van der Waals surface area contributed by atoms with Crippen molar-refractivity contribution in [1.82, 2.24) is 10.6 Å². The number of hydrogen-bond acceptors (Lipinski definition) is 6. The zero-order valence-electron chi connectivity index (χ0n) is 14.8. The Kier molecular flexibility index (Phi) is 8.34. The number of carbonyl (C=O) groups excluding carboxylic acids is 2. The Morgan fingerprint density at radius 3 is 2.85 bits per heavy atom. The van der Waals surface area contributed by atoms with E-state index in [0.717, 1.165) is 47.3 Å². The topological polar surface area (TPSA) is 67.4 Å². The first-order valence-electron chi connectivity index (χ1n) is 8.82. The van der Waals surface area contributed by atoms with Crippen molar-refractivity contribution >= 4 is 56.4 Å². The van der Waals surface area contributed by atoms with Gasteiger partial charge in [-0.25, -0.2) is 4.79 Å². The van der Waals surface area contributed by atoms with Crippen LogP contribution >= 0.6 is 35.1 Å². The lowest BCUT2D eigenvalue weighted by Crippen LogP contribution is -2.29. The lowest BCUT2D eigenvalue weighted by molar-refractivity contribution is -0.121. The maximum atomic E-state index is 12.2. The molecule has 1 aliphatic heterocycles. The predicted octanol–water partition coefficient (Wildman–Crippen LogP) is 3.96. The van der Waals surface area contributed by atoms with Crippen LogP contribution in [0.25, 0.3) is 9.40 Å². The van der Waals surface area contributed by atoms with E-state index in [9.17, 15) is 9.59 Å². The van der Waals surface area contributed by atoms with Crippen LogP contribution in [0.2, 0.25) is 0 Å². The number of esters is 1. The summed E-state index contributed by atoms with van der Waals surface area (Å²) in [5.41, 5.74) is 0.892. The molecule has 1 saturated heterocycles. The molecule has 1 amide bonds. The van der Waals surface area contributed by atoms with Gasteiger partial charge >= 0.3 is 5.97 Å². The van der Waals surface area contributed by atoms with Gasteiger partial charge in [0.05, 0.1) is 11.3 Å².